The van der Waals surface area contributed by atoms with E-state index < -0.39 is 5.83 Å². The third-order valence-corrected chi connectivity index (χ3v) is 7.06. The van der Waals surface area contributed by atoms with Gasteiger partial charge in [-0.3, -0.25) is 0 Å². The van der Waals surface area contributed by atoms with Crippen molar-refractivity contribution in [2.75, 3.05) is 0 Å². The molecule has 0 saturated heterocycles. The summed E-state index contributed by atoms with van der Waals surface area (Å²) in [6.07, 6.45) is 22.2. The van der Waals surface area contributed by atoms with Gasteiger partial charge in [0.25, 0.3) is 0 Å². The molecular weight excluding hydrogens is 383 g/mol. The summed E-state index contributed by atoms with van der Waals surface area (Å²) in [7, 11) is 0. The molecule has 2 aliphatic rings. The standard InChI is InChI=1S/C28H33FN2/c29-28(21-31)5-3-1-2-4-22-6-8-23(9-7-22)10-11-24-12-16-26(17-13-24)27-18-14-25(20-30)15-19-27/h1,3,5,10-11,14-15,18-19,22-24,26H,2,4,6-9,12-13,16-17H2/b3-1?,11-10+,28-5?/t22-,23-,24-,26-. The van der Waals surface area contributed by atoms with E-state index in [9.17, 15) is 4.39 Å². The zero-order valence-corrected chi connectivity index (χ0v) is 18.3. The van der Waals surface area contributed by atoms with Crippen LogP contribution in [0.15, 0.2) is 60.5 Å². The van der Waals surface area contributed by atoms with Crippen molar-refractivity contribution in [2.24, 2.45) is 17.8 Å². The summed E-state index contributed by atoms with van der Waals surface area (Å²) in [5, 5.41) is 17.3. The van der Waals surface area contributed by atoms with Gasteiger partial charge in [0.05, 0.1) is 11.6 Å². The molecule has 1 aromatic carbocycles. The van der Waals surface area contributed by atoms with Gasteiger partial charge in [0.15, 0.2) is 5.83 Å². The molecule has 0 spiro atoms. The van der Waals surface area contributed by atoms with Gasteiger partial charge >= 0.3 is 0 Å². The van der Waals surface area contributed by atoms with Crippen molar-refractivity contribution >= 4 is 0 Å². The number of halogens is 1. The first-order valence-corrected chi connectivity index (χ1v) is 11.8. The molecule has 0 aliphatic heterocycles. The zero-order valence-electron chi connectivity index (χ0n) is 18.3. The monoisotopic (exact) mass is 416 g/mol. The van der Waals surface area contributed by atoms with E-state index in [0.29, 0.717) is 5.92 Å². The number of benzene rings is 1. The van der Waals surface area contributed by atoms with Gasteiger partial charge in [-0.15, -0.1) is 0 Å². The third-order valence-electron chi connectivity index (χ3n) is 7.06. The highest BCUT2D eigenvalue weighted by atomic mass is 19.1. The summed E-state index contributed by atoms with van der Waals surface area (Å²) < 4.78 is 12.7. The molecule has 1 aromatic rings. The van der Waals surface area contributed by atoms with Crippen molar-refractivity contribution in [2.45, 2.75) is 70.1 Å². The molecule has 0 heterocycles. The molecule has 0 bridgehead atoms. The van der Waals surface area contributed by atoms with E-state index in [-0.39, 0.29) is 0 Å². The fourth-order valence-electron chi connectivity index (χ4n) is 5.08. The van der Waals surface area contributed by atoms with Gasteiger partial charge in [-0.05, 0) is 112 Å². The number of allylic oxidation sites excluding steroid dienone is 6. The van der Waals surface area contributed by atoms with Crippen molar-refractivity contribution in [3.05, 3.63) is 71.6 Å². The molecular formula is C28H33FN2. The maximum Gasteiger partial charge on any atom is 0.199 e. The van der Waals surface area contributed by atoms with Crippen LogP contribution in [0, 0.1) is 40.4 Å². The summed E-state index contributed by atoms with van der Waals surface area (Å²) in [5.74, 6) is 2.15. The third kappa shape index (κ3) is 7.52. The maximum atomic E-state index is 12.7. The summed E-state index contributed by atoms with van der Waals surface area (Å²) >= 11 is 0. The van der Waals surface area contributed by atoms with Gasteiger partial charge < -0.3 is 0 Å². The molecule has 0 atom stereocenters. The minimum Gasteiger partial charge on any atom is -0.195 e. The lowest BCUT2D eigenvalue weighted by molar-refractivity contribution is 0.295. The predicted molar refractivity (Wildman–Crippen MR) is 124 cm³/mol. The molecule has 3 rings (SSSR count). The molecule has 2 fully saturated rings. The average Bonchev–Trinajstić information content (AvgIpc) is 2.83. The Balaban J connectivity index is 1.33. The lowest BCUT2D eigenvalue weighted by Gasteiger charge is -2.29. The lowest BCUT2D eigenvalue weighted by atomic mass is 9.77. The summed E-state index contributed by atoms with van der Waals surface area (Å²) in [4.78, 5) is 0. The van der Waals surface area contributed by atoms with Crippen molar-refractivity contribution < 1.29 is 4.39 Å². The molecule has 0 radical (unpaired) electrons. The highest BCUT2D eigenvalue weighted by Crippen LogP contribution is 2.37. The second-order valence-corrected chi connectivity index (χ2v) is 9.14. The number of rotatable bonds is 7. The first-order chi connectivity index (χ1) is 15.2. The molecule has 0 unspecified atom stereocenters. The fourth-order valence-corrected chi connectivity index (χ4v) is 5.08. The van der Waals surface area contributed by atoms with E-state index >= 15 is 0 Å². The summed E-state index contributed by atoms with van der Waals surface area (Å²) in [6.45, 7) is 0. The van der Waals surface area contributed by atoms with Gasteiger partial charge in [0, 0.05) is 0 Å². The van der Waals surface area contributed by atoms with Gasteiger partial charge in [-0.1, -0.05) is 36.4 Å². The molecule has 0 N–H and O–H groups in total. The minimum absolute atomic E-state index is 0.647. The lowest BCUT2D eigenvalue weighted by Crippen LogP contribution is -2.14. The predicted octanol–water partition coefficient (Wildman–Crippen LogP) is 7.91. The number of hydrogen-bond acceptors (Lipinski definition) is 2. The van der Waals surface area contributed by atoms with Crippen LogP contribution in [-0.2, 0) is 0 Å². The van der Waals surface area contributed by atoms with E-state index in [1.54, 1.807) is 6.08 Å². The Hall–Kier alpha value is -2.65. The molecule has 0 aromatic heterocycles. The first-order valence-electron chi connectivity index (χ1n) is 11.8. The number of nitrogens with zero attached hydrogens (tertiary/aromatic N) is 2. The van der Waals surface area contributed by atoms with Crippen LogP contribution in [0.25, 0.3) is 0 Å². The largest absolute Gasteiger partial charge is 0.199 e. The van der Waals surface area contributed by atoms with Crippen LogP contribution >= 0.6 is 0 Å². The van der Waals surface area contributed by atoms with Crippen LogP contribution in [0.3, 0.4) is 0 Å². The molecule has 0 amide bonds. The highest BCUT2D eigenvalue weighted by molar-refractivity contribution is 5.33. The van der Waals surface area contributed by atoms with Gasteiger partial charge in [0.1, 0.15) is 6.07 Å². The molecule has 2 nitrogen and oxygen atoms in total. The fraction of sp³-hybridized carbons (Fsp3) is 0.500. The second kappa shape index (κ2) is 12.3. The van der Waals surface area contributed by atoms with Crippen molar-refractivity contribution in [3.8, 4) is 12.1 Å². The molecule has 2 aliphatic carbocycles. The Morgan fingerprint density at radius 1 is 0.903 bits per heavy atom. The number of nitriles is 2. The van der Waals surface area contributed by atoms with E-state index in [0.717, 1.165) is 36.2 Å². The average molecular weight is 417 g/mol. The van der Waals surface area contributed by atoms with Crippen molar-refractivity contribution in [3.63, 3.8) is 0 Å². The van der Waals surface area contributed by atoms with E-state index in [2.05, 4.69) is 30.4 Å². The maximum absolute atomic E-state index is 12.7. The SMILES string of the molecule is N#CC(F)=CC=CCC[C@H]1CC[C@H](/C=C/[C@H]2CC[C@H](c3ccc(C#N)cc3)CC2)CC1. The Bertz CT molecular complexity index is 850. The molecule has 31 heavy (non-hydrogen) atoms. The molecule has 162 valence electrons. The van der Waals surface area contributed by atoms with E-state index in [4.69, 9.17) is 10.5 Å². The summed E-state index contributed by atoms with van der Waals surface area (Å²) in [6, 6.07) is 11.8. The van der Waals surface area contributed by atoms with Gasteiger partial charge in [0.2, 0.25) is 0 Å². The van der Waals surface area contributed by atoms with Crippen LogP contribution in [0.2, 0.25) is 0 Å². The molecule has 2 saturated carbocycles. The first kappa shape index (κ1) is 23.0. The van der Waals surface area contributed by atoms with Crippen molar-refractivity contribution in [1.29, 1.82) is 10.5 Å². The van der Waals surface area contributed by atoms with E-state index in [1.165, 1.54) is 69.1 Å². The van der Waals surface area contributed by atoms with Crippen LogP contribution in [0.5, 0.6) is 0 Å². The summed E-state index contributed by atoms with van der Waals surface area (Å²) in [5.41, 5.74) is 2.13. The highest BCUT2D eigenvalue weighted by Gasteiger charge is 2.22. The Kier molecular flexibility index (Phi) is 9.11. The zero-order chi connectivity index (χ0) is 21.9. The van der Waals surface area contributed by atoms with Crippen LogP contribution in [0.4, 0.5) is 4.39 Å². The van der Waals surface area contributed by atoms with Crippen LogP contribution in [0.1, 0.15) is 81.3 Å². The van der Waals surface area contributed by atoms with Crippen LogP contribution < -0.4 is 0 Å². The second-order valence-electron chi connectivity index (χ2n) is 9.14. The Labute approximate surface area is 186 Å². The van der Waals surface area contributed by atoms with Crippen molar-refractivity contribution in [1.82, 2.24) is 0 Å². The minimum atomic E-state index is -0.730. The molecule has 3 heteroatoms. The quantitative estimate of drug-likeness (QED) is 0.257. The Morgan fingerprint density at radius 3 is 2.10 bits per heavy atom. The smallest absolute Gasteiger partial charge is 0.195 e. The van der Waals surface area contributed by atoms with E-state index in [1.807, 2.05) is 18.2 Å². The normalized spacial score (nSPS) is 27.3. The van der Waals surface area contributed by atoms with Gasteiger partial charge in [-0.25, -0.2) is 0 Å². The Morgan fingerprint density at radius 2 is 1.52 bits per heavy atom. The topological polar surface area (TPSA) is 47.6 Å². The van der Waals surface area contributed by atoms with Gasteiger partial charge in [-0.2, -0.15) is 14.9 Å². The number of hydrogen-bond donors (Lipinski definition) is 0. The van der Waals surface area contributed by atoms with Crippen LogP contribution in [-0.4, -0.2) is 0 Å².